The molecule has 92 valence electrons. The molecule has 0 saturated heterocycles. The molecule has 1 heterocycles. The van der Waals surface area contributed by atoms with E-state index in [9.17, 15) is 5.11 Å². The predicted octanol–water partition coefficient (Wildman–Crippen LogP) is 2.69. The lowest BCUT2D eigenvalue weighted by atomic mass is 9.99. The standard InChI is InChI=1S/C15H14O3/c1-11-15(16,12-7-3-2-4-8-12)18-14-10-6-5-9-13(14)17-11/h2-11,16H,1H3/t11-,15+/m1/s1. The van der Waals surface area contributed by atoms with Crippen molar-refractivity contribution in [1.29, 1.82) is 0 Å². The van der Waals surface area contributed by atoms with Crippen LogP contribution in [0.15, 0.2) is 54.6 Å². The Balaban J connectivity index is 2.05. The van der Waals surface area contributed by atoms with Gasteiger partial charge >= 0.3 is 0 Å². The van der Waals surface area contributed by atoms with Gasteiger partial charge in [-0.2, -0.15) is 0 Å². The van der Waals surface area contributed by atoms with E-state index >= 15 is 0 Å². The lowest BCUT2D eigenvalue weighted by Crippen LogP contribution is -2.48. The molecule has 0 aromatic heterocycles. The molecular formula is C15H14O3. The van der Waals surface area contributed by atoms with Gasteiger partial charge < -0.3 is 14.6 Å². The van der Waals surface area contributed by atoms with Crippen LogP contribution in [0.1, 0.15) is 12.5 Å². The van der Waals surface area contributed by atoms with Gasteiger partial charge in [0, 0.05) is 5.56 Å². The Morgan fingerprint density at radius 2 is 1.56 bits per heavy atom. The molecule has 0 fully saturated rings. The van der Waals surface area contributed by atoms with Crippen LogP contribution in [0.2, 0.25) is 0 Å². The lowest BCUT2D eigenvalue weighted by Gasteiger charge is -2.39. The van der Waals surface area contributed by atoms with Crippen molar-refractivity contribution in [2.75, 3.05) is 0 Å². The number of para-hydroxylation sites is 2. The summed E-state index contributed by atoms with van der Waals surface area (Å²) in [7, 11) is 0. The summed E-state index contributed by atoms with van der Waals surface area (Å²) >= 11 is 0. The zero-order valence-corrected chi connectivity index (χ0v) is 10.0. The largest absolute Gasteiger partial charge is 0.480 e. The molecule has 0 amide bonds. The first kappa shape index (κ1) is 11.1. The van der Waals surface area contributed by atoms with Gasteiger partial charge in [0.05, 0.1) is 0 Å². The second-order valence-electron chi connectivity index (χ2n) is 4.37. The quantitative estimate of drug-likeness (QED) is 0.835. The maximum atomic E-state index is 10.7. The Labute approximate surface area is 106 Å². The van der Waals surface area contributed by atoms with Crippen molar-refractivity contribution in [3.8, 4) is 11.5 Å². The lowest BCUT2D eigenvalue weighted by molar-refractivity contribution is -0.216. The van der Waals surface area contributed by atoms with Crippen LogP contribution in [0.5, 0.6) is 11.5 Å². The van der Waals surface area contributed by atoms with Crippen LogP contribution in [-0.4, -0.2) is 11.2 Å². The van der Waals surface area contributed by atoms with E-state index in [2.05, 4.69) is 0 Å². The summed E-state index contributed by atoms with van der Waals surface area (Å²) in [6, 6.07) is 16.6. The van der Waals surface area contributed by atoms with E-state index in [1.807, 2.05) is 48.5 Å². The van der Waals surface area contributed by atoms with Crippen LogP contribution >= 0.6 is 0 Å². The molecule has 1 aliphatic heterocycles. The van der Waals surface area contributed by atoms with Gasteiger partial charge in [-0.25, -0.2) is 0 Å². The Morgan fingerprint density at radius 1 is 0.944 bits per heavy atom. The van der Waals surface area contributed by atoms with Gasteiger partial charge in [-0.15, -0.1) is 0 Å². The summed E-state index contributed by atoms with van der Waals surface area (Å²) < 4.78 is 11.5. The van der Waals surface area contributed by atoms with Gasteiger partial charge in [0.15, 0.2) is 17.6 Å². The molecule has 0 aliphatic carbocycles. The fourth-order valence-electron chi connectivity index (χ4n) is 2.12. The van der Waals surface area contributed by atoms with Crippen molar-refractivity contribution in [1.82, 2.24) is 0 Å². The molecular weight excluding hydrogens is 228 g/mol. The topological polar surface area (TPSA) is 38.7 Å². The Bertz CT molecular complexity index is 553. The van der Waals surface area contributed by atoms with Crippen LogP contribution in [0.25, 0.3) is 0 Å². The van der Waals surface area contributed by atoms with Crippen molar-refractivity contribution < 1.29 is 14.6 Å². The predicted molar refractivity (Wildman–Crippen MR) is 67.5 cm³/mol. The number of aliphatic hydroxyl groups is 1. The summed E-state index contributed by atoms with van der Waals surface area (Å²) in [5.74, 6) is -0.233. The molecule has 0 unspecified atom stereocenters. The second kappa shape index (κ2) is 4.03. The van der Waals surface area contributed by atoms with E-state index in [4.69, 9.17) is 9.47 Å². The van der Waals surface area contributed by atoms with Crippen molar-refractivity contribution in [2.45, 2.75) is 18.8 Å². The summed E-state index contributed by atoms with van der Waals surface area (Å²) in [5, 5.41) is 10.7. The highest BCUT2D eigenvalue weighted by Gasteiger charge is 2.44. The van der Waals surface area contributed by atoms with E-state index in [0.29, 0.717) is 17.1 Å². The zero-order chi connectivity index (χ0) is 12.6. The number of ether oxygens (including phenoxy) is 2. The number of rotatable bonds is 1. The normalized spacial score (nSPS) is 25.8. The van der Waals surface area contributed by atoms with Crippen LogP contribution in [-0.2, 0) is 5.79 Å². The first-order chi connectivity index (χ1) is 8.70. The van der Waals surface area contributed by atoms with Crippen molar-refractivity contribution >= 4 is 0 Å². The van der Waals surface area contributed by atoms with Crippen molar-refractivity contribution in [3.05, 3.63) is 60.2 Å². The van der Waals surface area contributed by atoms with E-state index < -0.39 is 11.9 Å². The smallest absolute Gasteiger partial charge is 0.272 e. The van der Waals surface area contributed by atoms with Crippen molar-refractivity contribution in [2.24, 2.45) is 0 Å². The molecule has 0 bridgehead atoms. The van der Waals surface area contributed by atoms with Gasteiger partial charge in [-0.1, -0.05) is 42.5 Å². The van der Waals surface area contributed by atoms with Crippen LogP contribution in [0.4, 0.5) is 0 Å². The summed E-state index contributed by atoms with van der Waals surface area (Å²) in [4.78, 5) is 0. The molecule has 1 N–H and O–H groups in total. The van der Waals surface area contributed by atoms with E-state index in [1.165, 1.54) is 0 Å². The van der Waals surface area contributed by atoms with E-state index in [1.54, 1.807) is 13.0 Å². The van der Waals surface area contributed by atoms with Gasteiger partial charge in [0.2, 0.25) is 0 Å². The molecule has 1 aliphatic rings. The molecule has 2 aromatic carbocycles. The number of fused-ring (bicyclic) bond motifs is 1. The first-order valence-corrected chi connectivity index (χ1v) is 5.93. The molecule has 2 atom stereocenters. The van der Waals surface area contributed by atoms with Crippen LogP contribution in [0, 0.1) is 0 Å². The highest BCUT2D eigenvalue weighted by atomic mass is 16.7. The maximum Gasteiger partial charge on any atom is 0.272 e. The number of hydrogen-bond donors (Lipinski definition) is 1. The third-order valence-corrected chi connectivity index (χ3v) is 3.16. The van der Waals surface area contributed by atoms with Gasteiger partial charge in [0.25, 0.3) is 5.79 Å². The third-order valence-electron chi connectivity index (χ3n) is 3.16. The van der Waals surface area contributed by atoms with Crippen LogP contribution < -0.4 is 9.47 Å². The molecule has 18 heavy (non-hydrogen) atoms. The highest BCUT2D eigenvalue weighted by Crippen LogP contribution is 2.41. The first-order valence-electron chi connectivity index (χ1n) is 5.93. The fourth-order valence-corrected chi connectivity index (χ4v) is 2.12. The van der Waals surface area contributed by atoms with Crippen molar-refractivity contribution in [3.63, 3.8) is 0 Å². The molecule has 3 rings (SSSR count). The molecule has 0 saturated carbocycles. The van der Waals surface area contributed by atoms with E-state index in [0.717, 1.165) is 0 Å². The van der Waals surface area contributed by atoms with Gasteiger partial charge in [0.1, 0.15) is 0 Å². The average Bonchev–Trinajstić information content (AvgIpc) is 2.41. The third kappa shape index (κ3) is 1.64. The summed E-state index contributed by atoms with van der Waals surface area (Å²) in [6.07, 6.45) is -0.477. The number of benzene rings is 2. The Kier molecular flexibility index (Phi) is 2.49. The van der Waals surface area contributed by atoms with Gasteiger partial charge in [-0.3, -0.25) is 0 Å². The Hall–Kier alpha value is -2.00. The highest BCUT2D eigenvalue weighted by molar-refractivity contribution is 5.42. The summed E-state index contributed by atoms with van der Waals surface area (Å²) in [5.41, 5.74) is 0.687. The minimum Gasteiger partial charge on any atom is -0.480 e. The monoisotopic (exact) mass is 242 g/mol. The molecule has 2 aromatic rings. The minimum absolute atomic E-state index is 0.477. The van der Waals surface area contributed by atoms with Gasteiger partial charge in [-0.05, 0) is 19.1 Å². The fraction of sp³-hybridized carbons (Fsp3) is 0.200. The molecule has 0 spiro atoms. The molecule has 0 radical (unpaired) electrons. The minimum atomic E-state index is -1.45. The zero-order valence-electron chi connectivity index (χ0n) is 10.0. The SMILES string of the molecule is C[C@H]1Oc2ccccc2O[C@]1(O)c1ccccc1. The van der Waals surface area contributed by atoms with Crippen LogP contribution in [0.3, 0.4) is 0 Å². The average molecular weight is 242 g/mol. The summed E-state index contributed by atoms with van der Waals surface area (Å²) in [6.45, 7) is 1.79. The molecule has 3 heteroatoms. The molecule has 3 nitrogen and oxygen atoms in total. The Morgan fingerprint density at radius 3 is 2.28 bits per heavy atom. The number of hydrogen-bond acceptors (Lipinski definition) is 3. The maximum absolute atomic E-state index is 10.7. The second-order valence-corrected chi connectivity index (χ2v) is 4.37. The van der Waals surface area contributed by atoms with E-state index in [-0.39, 0.29) is 0 Å².